The van der Waals surface area contributed by atoms with E-state index in [1.54, 1.807) is 0 Å². The zero-order valence-corrected chi connectivity index (χ0v) is 8.59. The zero-order chi connectivity index (χ0) is 11.0. The van der Waals surface area contributed by atoms with Gasteiger partial charge >= 0.3 is 0 Å². The molecule has 2 rings (SSSR count). The molecule has 3 heteroatoms. The molecule has 2 aromatic rings. The van der Waals surface area contributed by atoms with Gasteiger partial charge in [0.1, 0.15) is 11.6 Å². The Morgan fingerprint density at radius 2 is 1.87 bits per heavy atom. The molecule has 0 amide bonds. The molecule has 0 atom stereocenters. The monoisotopic (exact) mass is 207 g/mol. The van der Waals surface area contributed by atoms with Crippen molar-refractivity contribution in [3.63, 3.8) is 0 Å². The zero-order valence-electron chi connectivity index (χ0n) is 8.59. The van der Waals surface area contributed by atoms with Crippen LogP contribution >= 0.6 is 0 Å². The number of hydrogen-bond acceptors (Lipinski definition) is 0. The first-order chi connectivity index (χ1) is 7.08. The van der Waals surface area contributed by atoms with E-state index in [1.165, 1.54) is 12.1 Å². The average Bonchev–Trinajstić information content (AvgIpc) is 2.45. The molecular formula is C12H11F2N. The second kappa shape index (κ2) is 3.50. The number of hydrogen-bond donors (Lipinski definition) is 0. The Hall–Kier alpha value is -1.64. The van der Waals surface area contributed by atoms with Crippen LogP contribution in [0.2, 0.25) is 0 Å². The first kappa shape index (κ1) is 9.90. The molecular weight excluding hydrogens is 196 g/mol. The molecule has 0 aliphatic rings. The Bertz CT molecular complexity index is 500. The third kappa shape index (κ3) is 1.77. The molecule has 0 fully saturated rings. The first-order valence-electron chi connectivity index (χ1n) is 4.66. The van der Waals surface area contributed by atoms with Gasteiger partial charge in [-0.3, -0.25) is 0 Å². The van der Waals surface area contributed by atoms with Crippen molar-refractivity contribution >= 4 is 0 Å². The van der Waals surface area contributed by atoms with E-state index in [1.807, 2.05) is 30.8 Å². The first-order valence-corrected chi connectivity index (χ1v) is 4.66. The summed E-state index contributed by atoms with van der Waals surface area (Å²) in [5, 5.41) is 0. The van der Waals surface area contributed by atoms with Crippen LogP contribution in [0.4, 0.5) is 8.78 Å². The molecule has 15 heavy (non-hydrogen) atoms. The standard InChI is InChI=1S/C12H11F2N/c1-8-5-12(15(2)7-8)10-4-3-9(13)6-11(10)14/h3-7H,1-2H3. The lowest BCUT2D eigenvalue weighted by molar-refractivity contribution is 0.585. The summed E-state index contributed by atoms with van der Waals surface area (Å²) in [5.41, 5.74) is 2.23. The topological polar surface area (TPSA) is 4.93 Å². The molecule has 0 aliphatic heterocycles. The average molecular weight is 207 g/mol. The van der Waals surface area contributed by atoms with Crippen LogP contribution in [0.3, 0.4) is 0 Å². The summed E-state index contributed by atoms with van der Waals surface area (Å²) in [4.78, 5) is 0. The molecule has 0 saturated heterocycles. The van der Waals surface area contributed by atoms with Crippen molar-refractivity contribution in [2.45, 2.75) is 6.92 Å². The lowest BCUT2D eigenvalue weighted by atomic mass is 10.1. The molecule has 0 aliphatic carbocycles. The summed E-state index contributed by atoms with van der Waals surface area (Å²) in [6, 6.07) is 5.49. The molecule has 0 saturated carbocycles. The minimum absolute atomic E-state index is 0.423. The van der Waals surface area contributed by atoms with Gasteiger partial charge in [-0.25, -0.2) is 8.78 Å². The van der Waals surface area contributed by atoms with Crippen LogP contribution in [0.25, 0.3) is 11.3 Å². The van der Waals surface area contributed by atoms with Crippen molar-refractivity contribution in [1.29, 1.82) is 0 Å². The number of nitrogens with zero attached hydrogens (tertiary/aromatic N) is 1. The predicted molar refractivity (Wildman–Crippen MR) is 55.5 cm³/mol. The van der Waals surface area contributed by atoms with Crippen LogP contribution in [-0.4, -0.2) is 4.57 Å². The van der Waals surface area contributed by atoms with Crippen molar-refractivity contribution in [3.8, 4) is 11.3 Å². The van der Waals surface area contributed by atoms with E-state index in [9.17, 15) is 8.78 Å². The number of aromatic nitrogens is 1. The van der Waals surface area contributed by atoms with Crippen LogP contribution in [0, 0.1) is 18.6 Å². The molecule has 0 bridgehead atoms. The van der Waals surface area contributed by atoms with E-state index in [4.69, 9.17) is 0 Å². The molecule has 1 aromatic carbocycles. The van der Waals surface area contributed by atoms with Gasteiger partial charge in [-0.2, -0.15) is 0 Å². The Labute approximate surface area is 87.0 Å². The summed E-state index contributed by atoms with van der Waals surface area (Å²) < 4.78 is 28.0. The fourth-order valence-corrected chi connectivity index (χ4v) is 1.69. The summed E-state index contributed by atoms with van der Waals surface area (Å²) in [5.74, 6) is -1.08. The Kier molecular flexibility index (Phi) is 2.31. The molecule has 0 spiro atoms. The van der Waals surface area contributed by atoms with Crippen LogP contribution in [-0.2, 0) is 7.05 Å². The quantitative estimate of drug-likeness (QED) is 0.676. The van der Waals surface area contributed by atoms with Gasteiger partial charge in [0.15, 0.2) is 0 Å². The van der Waals surface area contributed by atoms with Crippen molar-refractivity contribution in [2.75, 3.05) is 0 Å². The van der Waals surface area contributed by atoms with Crippen LogP contribution in [0.15, 0.2) is 30.5 Å². The third-order valence-electron chi connectivity index (χ3n) is 2.35. The van der Waals surface area contributed by atoms with Gasteiger partial charge in [0, 0.05) is 24.9 Å². The van der Waals surface area contributed by atoms with E-state index in [0.717, 1.165) is 17.3 Å². The fourth-order valence-electron chi connectivity index (χ4n) is 1.69. The maximum atomic E-state index is 13.5. The highest BCUT2D eigenvalue weighted by Crippen LogP contribution is 2.24. The van der Waals surface area contributed by atoms with Crippen LogP contribution in [0.5, 0.6) is 0 Å². The van der Waals surface area contributed by atoms with Gasteiger partial charge in [-0.1, -0.05) is 0 Å². The highest BCUT2D eigenvalue weighted by Gasteiger charge is 2.09. The van der Waals surface area contributed by atoms with Crippen LogP contribution in [0.1, 0.15) is 5.56 Å². The lowest BCUT2D eigenvalue weighted by Crippen LogP contribution is -1.92. The van der Waals surface area contributed by atoms with E-state index in [-0.39, 0.29) is 0 Å². The Morgan fingerprint density at radius 3 is 2.40 bits per heavy atom. The molecule has 1 heterocycles. The van der Waals surface area contributed by atoms with Crippen LogP contribution < -0.4 is 0 Å². The fraction of sp³-hybridized carbons (Fsp3) is 0.167. The van der Waals surface area contributed by atoms with Gasteiger partial charge < -0.3 is 4.57 Å². The summed E-state index contributed by atoms with van der Waals surface area (Å²) in [7, 11) is 1.84. The van der Waals surface area contributed by atoms with E-state index >= 15 is 0 Å². The van der Waals surface area contributed by atoms with Crippen molar-refractivity contribution < 1.29 is 8.78 Å². The molecule has 0 unspecified atom stereocenters. The molecule has 1 nitrogen and oxygen atoms in total. The minimum atomic E-state index is -0.554. The number of halogens is 2. The maximum Gasteiger partial charge on any atom is 0.135 e. The Morgan fingerprint density at radius 1 is 1.13 bits per heavy atom. The molecule has 1 aromatic heterocycles. The second-order valence-electron chi connectivity index (χ2n) is 3.64. The molecule has 78 valence electrons. The van der Waals surface area contributed by atoms with Gasteiger partial charge in [0.25, 0.3) is 0 Å². The van der Waals surface area contributed by atoms with Gasteiger partial charge in [-0.05, 0) is 30.7 Å². The summed E-state index contributed by atoms with van der Waals surface area (Å²) >= 11 is 0. The number of aryl methyl sites for hydroxylation is 2. The normalized spacial score (nSPS) is 10.7. The van der Waals surface area contributed by atoms with Gasteiger partial charge in [-0.15, -0.1) is 0 Å². The number of rotatable bonds is 1. The van der Waals surface area contributed by atoms with Gasteiger partial charge in [0.2, 0.25) is 0 Å². The van der Waals surface area contributed by atoms with E-state index < -0.39 is 11.6 Å². The van der Waals surface area contributed by atoms with Crippen molar-refractivity contribution in [3.05, 3.63) is 47.7 Å². The minimum Gasteiger partial charge on any atom is -0.350 e. The second-order valence-corrected chi connectivity index (χ2v) is 3.64. The highest BCUT2D eigenvalue weighted by atomic mass is 19.1. The lowest BCUT2D eigenvalue weighted by Gasteiger charge is -2.04. The number of benzene rings is 1. The predicted octanol–water partition coefficient (Wildman–Crippen LogP) is 3.28. The van der Waals surface area contributed by atoms with Crippen molar-refractivity contribution in [1.82, 2.24) is 4.57 Å². The summed E-state index contributed by atoms with van der Waals surface area (Å²) in [6.07, 6.45) is 1.90. The third-order valence-corrected chi connectivity index (χ3v) is 2.35. The SMILES string of the molecule is Cc1cc(-c2ccc(F)cc2F)n(C)c1. The van der Waals surface area contributed by atoms with Crippen molar-refractivity contribution in [2.24, 2.45) is 7.05 Å². The maximum absolute atomic E-state index is 13.5. The molecule has 0 radical (unpaired) electrons. The smallest absolute Gasteiger partial charge is 0.135 e. The molecule has 0 N–H and O–H groups in total. The largest absolute Gasteiger partial charge is 0.350 e. The van der Waals surface area contributed by atoms with E-state index in [0.29, 0.717) is 5.56 Å². The summed E-state index contributed by atoms with van der Waals surface area (Å²) in [6.45, 7) is 1.94. The van der Waals surface area contributed by atoms with E-state index in [2.05, 4.69) is 0 Å². The highest BCUT2D eigenvalue weighted by molar-refractivity contribution is 5.61. The van der Waals surface area contributed by atoms with Gasteiger partial charge in [0.05, 0.1) is 5.69 Å². The Balaban J connectivity index is 2.59.